The van der Waals surface area contributed by atoms with E-state index in [9.17, 15) is 19.7 Å². The Kier molecular flexibility index (Phi) is 4.21. The molecule has 0 unspecified atom stereocenters. The average molecular weight is 199 g/mol. The van der Waals surface area contributed by atoms with E-state index in [0.29, 0.717) is 0 Å². The number of ketones is 1. The quantitative estimate of drug-likeness (QED) is 0.400. The standard InChI is InChI=1S/C8H9NO5/c1-3-6(10)4-7(8(11)12)5(2)9(13)14/h3H,1,4H2,2H3,(H,11,12). The molecule has 0 spiro atoms. The normalized spacial score (nSPS) is 11.5. The van der Waals surface area contributed by atoms with Gasteiger partial charge in [0.05, 0.1) is 4.92 Å². The van der Waals surface area contributed by atoms with Gasteiger partial charge in [0.2, 0.25) is 0 Å². The minimum Gasteiger partial charge on any atom is -0.478 e. The van der Waals surface area contributed by atoms with Gasteiger partial charge in [-0.2, -0.15) is 0 Å². The monoisotopic (exact) mass is 199 g/mol. The number of carboxylic acids is 1. The van der Waals surface area contributed by atoms with E-state index >= 15 is 0 Å². The van der Waals surface area contributed by atoms with Gasteiger partial charge in [0.15, 0.2) is 5.78 Å². The molecule has 0 rings (SSSR count). The van der Waals surface area contributed by atoms with Gasteiger partial charge >= 0.3 is 5.97 Å². The molecule has 0 aliphatic rings. The van der Waals surface area contributed by atoms with Crippen LogP contribution in [0.25, 0.3) is 0 Å². The molecule has 0 heterocycles. The number of rotatable bonds is 5. The van der Waals surface area contributed by atoms with Crippen molar-refractivity contribution in [1.29, 1.82) is 0 Å². The fourth-order valence-electron chi connectivity index (χ4n) is 0.715. The Morgan fingerprint density at radius 3 is 2.36 bits per heavy atom. The number of hydrogen-bond donors (Lipinski definition) is 1. The van der Waals surface area contributed by atoms with Crippen molar-refractivity contribution in [2.75, 3.05) is 0 Å². The van der Waals surface area contributed by atoms with Crippen LogP contribution >= 0.6 is 0 Å². The lowest BCUT2D eigenvalue weighted by Crippen LogP contribution is -2.11. The van der Waals surface area contributed by atoms with Crippen molar-refractivity contribution in [3.63, 3.8) is 0 Å². The number of carboxylic acid groups (broad SMARTS) is 1. The molecule has 0 aromatic carbocycles. The minimum absolute atomic E-state index is 0.508. The summed E-state index contributed by atoms with van der Waals surface area (Å²) in [6.45, 7) is 4.18. The van der Waals surface area contributed by atoms with Crippen molar-refractivity contribution in [1.82, 2.24) is 0 Å². The fraction of sp³-hybridized carbons (Fsp3) is 0.250. The maximum atomic E-state index is 10.8. The zero-order valence-corrected chi connectivity index (χ0v) is 7.52. The third-order valence-electron chi connectivity index (χ3n) is 1.55. The molecule has 0 aliphatic carbocycles. The van der Waals surface area contributed by atoms with E-state index in [1.54, 1.807) is 0 Å². The van der Waals surface area contributed by atoms with Gasteiger partial charge in [-0.3, -0.25) is 14.9 Å². The molecule has 0 saturated heterocycles. The summed E-state index contributed by atoms with van der Waals surface area (Å²) in [6.07, 6.45) is 0.418. The molecule has 0 atom stereocenters. The number of carbonyl (C=O) groups excluding carboxylic acids is 1. The topological polar surface area (TPSA) is 97.5 Å². The number of hydrogen-bond acceptors (Lipinski definition) is 4. The van der Waals surface area contributed by atoms with Gasteiger partial charge in [-0.25, -0.2) is 4.79 Å². The number of carbonyl (C=O) groups is 2. The van der Waals surface area contributed by atoms with E-state index < -0.39 is 34.4 Å². The summed E-state index contributed by atoms with van der Waals surface area (Å²) in [7, 11) is 0. The molecular formula is C8H9NO5. The van der Waals surface area contributed by atoms with Crippen molar-refractivity contribution < 1.29 is 19.6 Å². The summed E-state index contributed by atoms with van der Waals surface area (Å²) < 4.78 is 0. The first-order chi connectivity index (χ1) is 6.40. The second-order valence-corrected chi connectivity index (χ2v) is 2.47. The molecule has 0 radical (unpaired) electrons. The van der Waals surface area contributed by atoms with Gasteiger partial charge < -0.3 is 5.11 Å². The number of aliphatic carboxylic acids is 1. The van der Waals surface area contributed by atoms with Crippen LogP contribution in [0.4, 0.5) is 0 Å². The van der Waals surface area contributed by atoms with Gasteiger partial charge in [0, 0.05) is 13.3 Å². The minimum atomic E-state index is -1.46. The van der Waals surface area contributed by atoms with E-state index in [2.05, 4.69) is 6.58 Å². The molecule has 0 bridgehead atoms. The molecule has 0 fully saturated rings. The first-order valence-corrected chi connectivity index (χ1v) is 3.62. The van der Waals surface area contributed by atoms with E-state index in [4.69, 9.17) is 5.11 Å². The van der Waals surface area contributed by atoms with Crippen molar-refractivity contribution in [2.24, 2.45) is 0 Å². The smallest absolute Gasteiger partial charge is 0.338 e. The van der Waals surface area contributed by atoms with Crippen molar-refractivity contribution in [2.45, 2.75) is 13.3 Å². The fourth-order valence-corrected chi connectivity index (χ4v) is 0.715. The Hall–Kier alpha value is -1.98. The molecule has 0 aromatic heterocycles. The summed E-state index contributed by atoms with van der Waals surface area (Å²) in [6, 6.07) is 0. The number of nitrogens with zero attached hydrogens (tertiary/aromatic N) is 1. The lowest BCUT2D eigenvalue weighted by atomic mass is 10.1. The molecule has 6 nitrogen and oxygen atoms in total. The van der Waals surface area contributed by atoms with Gasteiger partial charge in [-0.15, -0.1) is 0 Å². The van der Waals surface area contributed by atoms with Crippen LogP contribution in [0.3, 0.4) is 0 Å². The third-order valence-corrected chi connectivity index (χ3v) is 1.55. The lowest BCUT2D eigenvalue weighted by Gasteiger charge is -1.98. The van der Waals surface area contributed by atoms with E-state index in [0.717, 1.165) is 13.0 Å². The van der Waals surface area contributed by atoms with Crippen LogP contribution in [0.1, 0.15) is 13.3 Å². The molecule has 14 heavy (non-hydrogen) atoms. The highest BCUT2D eigenvalue weighted by Crippen LogP contribution is 2.10. The molecule has 0 aliphatic heterocycles. The molecule has 0 amide bonds. The molecule has 0 aromatic rings. The first-order valence-electron chi connectivity index (χ1n) is 3.62. The maximum Gasteiger partial charge on any atom is 0.338 e. The van der Waals surface area contributed by atoms with Crippen LogP contribution in [-0.4, -0.2) is 21.8 Å². The predicted molar refractivity (Wildman–Crippen MR) is 47.2 cm³/mol. The van der Waals surface area contributed by atoms with Crippen molar-refractivity contribution >= 4 is 11.8 Å². The predicted octanol–water partition coefficient (Wildman–Crippen LogP) is 0.767. The highest BCUT2D eigenvalue weighted by molar-refractivity contribution is 5.99. The van der Waals surface area contributed by atoms with Crippen LogP contribution in [0, 0.1) is 10.1 Å². The molecule has 0 saturated carbocycles. The van der Waals surface area contributed by atoms with Crippen molar-refractivity contribution in [3.8, 4) is 0 Å². The summed E-state index contributed by atoms with van der Waals surface area (Å²) in [5.74, 6) is -2.03. The molecule has 6 heteroatoms. The summed E-state index contributed by atoms with van der Waals surface area (Å²) in [5, 5.41) is 18.9. The summed E-state index contributed by atoms with van der Waals surface area (Å²) >= 11 is 0. The SMILES string of the molecule is C=CC(=O)CC(C(=O)O)=C(C)[N+](=O)[O-]. The Balaban J connectivity index is 5.05. The Bertz CT molecular complexity index is 329. The number of allylic oxidation sites excluding steroid dienone is 2. The summed E-state index contributed by atoms with van der Waals surface area (Å²) in [4.78, 5) is 30.8. The Labute approximate surface area is 79.7 Å². The molecular weight excluding hydrogens is 190 g/mol. The zero-order chi connectivity index (χ0) is 11.3. The number of nitro groups is 1. The van der Waals surface area contributed by atoms with Crippen LogP contribution in [0.5, 0.6) is 0 Å². The van der Waals surface area contributed by atoms with Crippen LogP contribution < -0.4 is 0 Å². The highest BCUT2D eigenvalue weighted by Gasteiger charge is 2.21. The average Bonchev–Trinajstić information content (AvgIpc) is 2.11. The zero-order valence-electron chi connectivity index (χ0n) is 7.52. The van der Waals surface area contributed by atoms with E-state index in [1.165, 1.54) is 0 Å². The molecule has 1 N–H and O–H groups in total. The second-order valence-electron chi connectivity index (χ2n) is 2.47. The van der Waals surface area contributed by atoms with E-state index in [-0.39, 0.29) is 0 Å². The van der Waals surface area contributed by atoms with Gasteiger partial charge in [0.25, 0.3) is 5.70 Å². The van der Waals surface area contributed by atoms with Gasteiger partial charge in [-0.05, 0) is 6.08 Å². The van der Waals surface area contributed by atoms with Crippen LogP contribution in [0.15, 0.2) is 23.9 Å². The van der Waals surface area contributed by atoms with E-state index in [1.807, 2.05) is 0 Å². The Morgan fingerprint density at radius 2 is 2.07 bits per heavy atom. The largest absolute Gasteiger partial charge is 0.478 e. The third kappa shape index (κ3) is 3.18. The Morgan fingerprint density at radius 1 is 1.57 bits per heavy atom. The highest BCUT2D eigenvalue weighted by atomic mass is 16.6. The van der Waals surface area contributed by atoms with Gasteiger partial charge in [0.1, 0.15) is 5.57 Å². The summed E-state index contributed by atoms with van der Waals surface area (Å²) in [5.41, 5.74) is -1.05. The first kappa shape index (κ1) is 12.0. The van der Waals surface area contributed by atoms with Crippen molar-refractivity contribution in [3.05, 3.63) is 34.0 Å². The lowest BCUT2D eigenvalue weighted by molar-refractivity contribution is -0.425. The molecule has 76 valence electrons. The van der Waals surface area contributed by atoms with Gasteiger partial charge in [-0.1, -0.05) is 6.58 Å². The van der Waals surface area contributed by atoms with Crippen LogP contribution in [-0.2, 0) is 9.59 Å². The second kappa shape index (κ2) is 4.90. The van der Waals surface area contributed by atoms with Crippen LogP contribution in [0.2, 0.25) is 0 Å². The maximum absolute atomic E-state index is 10.8.